The third-order valence-corrected chi connectivity index (χ3v) is 2.34. The Kier molecular flexibility index (Phi) is 5.58. The first-order valence-corrected chi connectivity index (χ1v) is 5.85. The zero-order valence-corrected chi connectivity index (χ0v) is 11.0. The number of carbonyl (C=O) groups excluding carboxylic acids is 2. The van der Waals surface area contributed by atoms with Crippen molar-refractivity contribution in [2.45, 2.75) is 13.8 Å². The average molecular weight is 259 g/mol. The molecule has 0 aliphatic heterocycles. The first kappa shape index (κ1) is 14.7. The zero-order chi connectivity index (χ0) is 14.3. The molecule has 0 aliphatic carbocycles. The fourth-order valence-corrected chi connectivity index (χ4v) is 1.48. The average Bonchev–Trinajstić information content (AvgIpc) is 2.33. The lowest BCUT2D eigenvalue weighted by molar-refractivity contribution is -0.115. The van der Waals surface area contributed by atoms with Crippen molar-refractivity contribution in [1.82, 2.24) is 5.32 Å². The lowest BCUT2D eigenvalue weighted by Gasteiger charge is -2.10. The Balaban J connectivity index is 2.66. The Labute approximate surface area is 112 Å². The van der Waals surface area contributed by atoms with Crippen molar-refractivity contribution < 1.29 is 9.59 Å². The monoisotopic (exact) mass is 259 g/mol. The van der Waals surface area contributed by atoms with Crippen molar-refractivity contribution in [3.63, 3.8) is 0 Å². The number of hydrogen-bond acceptors (Lipinski definition) is 3. The summed E-state index contributed by atoms with van der Waals surface area (Å²) < 4.78 is 0. The van der Waals surface area contributed by atoms with E-state index in [9.17, 15) is 9.59 Å². The topological polar surface area (TPSA) is 70.2 Å². The molecule has 5 heteroatoms. The highest BCUT2D eigenvalue weighted by Crippen LogP contribution is 2.20. The summed E-state index contributed by atoms with van der Waals surface area (Å²) >= 11 is 0. The fraction of sp³-hybridized carbons (Fsp3) is 0.286. The maximum atomic E-state index is 11.6. The molecule has 1 rings (SSSR count). The van der Waals surface area contributed by atoms with Gasteiger partial charge >= 0.3 is 0 Å². The molecule has 0 saturated carbocycles. The molecule has 0 atom stereocenters. The van der Waals surface area contributed by atoms with Crippen LogP contribution in [0.1, 0.15) is 12.5 Å². The molecule has 0 fully saturated rings. The van der Waals surface area contributed by atoms with Crippen molar-refractivity contribution in [2.24, 2.45) is 0 Å². The highest BCUT2D eigenvalue weighted by Gasteiger charge is 2.05. The van der Waals surface area contributed by atoms with Gasteiger partial charge in [0.2, 0.25) is 11.8 Å². The standard InChI is InChI=1S/C14H17N3O2/c1-4-7-15-9-14(19)17-12-6-5-10(2)13(8-12)16-11(3)18/h1,5-6,8,15H,7,9H2,2-3H3,(H,16,18)(H,17,19). The second-order valence-corrected chi connectivity index (χ2v) is 4.07. The van der Waals surface area contributed by atoms with E-state index >= 15 is 0 Å². The molecule has 0 heterocycles. The predicted molar refractivity (Wildman–Crippen MR) is 75.8 cm³/mol. The van der Waals surface area contributed by atoms with Crippen LogP contribution in [-0.2, 0) is 9.59 Å². The van der Waals surface area contributed by atoms with Crippen molar-refractivity contribution in [3.05, 3.63) is 23.8 Å². The largest absolute Gasteiger partial charge is 0.326 e. The normalized spacial score (nSPS) is 9.53. The van der Waals surface area contributed by atoms with E-state index in [2.05, 4.69) is 21.9 Å². The van der Waals surface area contributed by atoms with E-state index in [-0.39, 0.29) is 18.4 Å². The number of terminal acetylenes is 1. The van der Waals surface area contributed by atoms with E-state index in [1.807, 2.05) is 13.0 Å². The van der Waals surface area contributed by atoms with Gasteiger partial charge in [-0.15, -0.1) is 6.42 Å². The molecule has 1 aromatic rings. The number of nitrogens with one attached hydrogen (secondary N) is 3. The quantitative estimate of drug-likeness (QED) is 0.548. The van der Waals surface area contributed by atoms with Crippen LogP contribution in [0.4, 0.5) is 11.4 Å². The minimum atomic E-state index is -0.187. The SMILES string of the molecule is C#CCNCC(=O)Nc1ccc(C)c(NC(C)=O)c1. The Hall–Kier alpha value is -2.32. The molecule has 0 aromatic heterocycles. The van der Waals surface area contributed by atoms with Crippen LogP contribution in [0.25, 0.3) is 0 Å². The smallest absolute Gasteiger partial charge is 0.238 e. The Bertz CT molecular complexity index is 518. The Morgan fingerprint density at radius 2 is 2.05 bits per heavy atom. The maximum Gasteiger partial charge on any atom is 0.238 e. The minimum Gasteiger partial charge on any atom is -0.326 e. The fourth-order valence-electron chi connectivity index (χ4n) is 1.48. The van der Waals surface area contributed by atoms with Gasteiger partial charge in [-0.2, -0.15) is 0 Å². The molecule has 19 heavy (non-hydrogen) atoms. The Morgan fingerprint density at radius 1 is 1.32 bits per heavy atom. The molecule has 5 nitrogen and oxygen atoms in total. The van der Waals surface area contributed by atoms with Gasteiger partial charge in [-0.05, 0) is 24.6 Å². The van der Waals surface area contributed by atoms with Gasteiger partial charge < -0.3 is 10.6 Å². The Morgan fingerprint density at radius 3 is 2.68 bits per heavy atom. The molecule has 100 valence electrons. The van der Waals surface area contributed by atoms with Crippen LogP contribution >= 0.6 is 0 Å². The van der Waals surface area contributed by atoms with Crippen LogP contribution < -0.4 is 16.0 Å². The summed E-state index contributed by atoms with van der Waals surface area (Å²) in [7, 11) is 0. The van der Waals surface area contributed by atoms with E-state index < -0.39 is 0 Å². The summed E-state index contributed by atoms with van der Waals surface area (Å²) in [6.45, 7) is 3.81. The number of carbonyl (C=O) groups is 2. The van der Waals surface area contributed by atoms with Crippen LogP contribution in [-0.4, -0.2) is 24.9 Å². The first-order valence-electron chi connectivity index (χ1n) is 5.85. The molecule has 0 unspecified atom stereocenters. The van der Waals surface area contributed by atoms with E-state index in [0.29, 0.717) is 17.9 Å². The second-order valence-electron chi connectivity index (χ2n) is 4.07. The van der Waals surface area contributed by atoms with Crippen LogP contribution in [0.3, 0.4) is 0 Å². The molecule has 3 N–H and O–H groups in total. The van der Waals surface area contributed by atoms with Gasteiger partial charge in [-0.1, -0.05) is 12.0 Å². The van der Waals surface area contributed by atoms with E-state index in [4.69, 9.17) is 6.42 Å². The molecule has 1 aromatic carbocycles. The number of benzene rings is 1. The molecular weight excluding hydrogens is 242 g/mol. The van der Waals surface area contributed by atoms with Crippen LogP contribution in [0.2, 0.25) is 0 Å². The summed E-state index contributed by atoms with van der Waals surface area (Å²) in [5.41, 5.74) is 2.24. The van der Waals surface area contributed by atoms with Gasteiger partial charge in [0.1, 0.15) is 0 Å². The van der Waals surface area contributed by atoms with Gasteiger partial charge in [-0.3, -0.25) is 14.9 Å². The van der Waals surface area contributed by atoms with Gasteiger partial charge in [0.25, 0.3) is 0 Å². The molecular formula is C14H17N3O2. The molecule has 0 bridgehead atoms. The first-order chi connectivity index (χ1) is 9.02. The zero-order valence-electron chi connectivity index (χ0n) is 11.0. The van der Waals surface area contributed by atoms with Gasteiger partial charge in [-0.25, -0.2) is 0 Å². The summed E-state index contributed by atoms with van der Waals surface area (Å²) in [5, 5.41) is 8.22. The summed E-state index contributed by atoms with van der Waals surface area (Å²) in [4.78, 5) is 22.6. The van der Waals surface area contributed by atoms with Crippen molar-refractivity contribution in [2.75, 3.05) is 23.7 Å². The number of hydrogen-bond donors (Lipinski definition) is 3. The second kappa shape index (κ2) is 7.19. The maximum absolute atomic E-state index is 11.6. The van der Waals surface area contributed by atoms with Crippen molar-refractivity contribution in [1.29, 1.82) is 0 Å². The van der Waals surface area contributed by atoms with E-state index in [1.165, 1.54) is 6.92 Å². The third kappa shape index (κ3) is 5.23. The number of amides is 2. The highest BCUT2D eigenvalue weighted by atomic mass is 16.2. The summed E-state index contributed by atoms with van der Waals surface area (Å²) in [6.07, 6.45) is 5.07. The lowest BCUT2D eigenvalue weighted by atomic mass is 10.1. The van der Waals surface area contributed by atoms with E-state index in [0.717, 1.165) is 5.56 Å². The number of aryl methyl sites for hydroxylation is 1. The molecule has 0 radical (unpaired) electrons. The van der Waals surface area contributed by atoms with Gasteiger partial charge in [0.05, 0.1) is 13.1 Å². The van der Waals surface area contributed by atoms with Crippen molar-refractivity contribution in [3.8, 4) is 12.3 Å². The highest BCUT2D eigenvalue weighted by molar-refractivity contribution is 5.94. The number of anilines is 2. The molecule has 0 saturated heterocycles. The van der Waals surface area contributed by atoms with Gasteiger partial charge in [0, 0.05) is 18.3 Å². The lowest BCUT2D eigenvalue weighted by Crippen LogP contribution is -2.28. The molecule has 2 amide bonds. The molecule has 0 aliphatic rings. The van der Waals surface area contributed by atoms with Gasteiger partial charge in [0.15, 0.2) is 0 Å². The predicted octanol–water partition coefficient (Wildman–Crippen LogP) is 1.11. The van der Waals surface area contributed by atoms with E-state index in [1.54, 1.807) is 12.1 Å². The third-order valence-electron chi connectivity index (χ3n) is 2.34. The van der Waals surface area contributed by atoms with Crippen LogP contribution in [0.5, 0.6) is 0 Å². The van der Waals surface area contributed by atoms with Crippen LogP contribution in [0, 0.1) is 19.3 Å². The number of rotatable bonds is 5. The van der Waals surface area contributed by atoms with Crippen LogP contribution in [0.15, 0.2) is 18.2 Å². The molecule has 0 spiro atoms. The summed E-state index contributed by atoms with van der Waals surface area (Å²) in [5.74, 6) is 2.05. The summed E-state index contributed by atoms with van der Waals surface area (Å²) in [6, 6.07) is 5.32. The van der Waals surface area contributed by atoms with Crippen molar-refractivity contribution >= 4 is 23.2 Å². The minimum absolute atomic E-state index is 0.146.